The summed E-state index contributed by atoms with van der Waals surface area (Å²) in [7, 11) is 0. The zero-order chi connectivity index (χ0) is 28.5. The number of amides is 2. The molecule has 2 amide bonds. The molecule has 7 atom stereocenters. The van der Waals surface area contributed by atoms with E-state index in [2.05, 4.69) is 13.2 Å². The van der Waals surface area contributed by atoms with Crippen molar-refractivity contribution in [3.8, 4) is 0 Å². The van der Waals surface area contributed by atoms with Gasteiger partial charge in [-0.2, -0.15) is 0 Å². The summed E-state index contributed by atoms with van der Waals surface area (Å²) in [6.45, 7) is 15.3. The highest BCUT2D eigenvalue weighted by atomic mass is 16.6. The lowest BCUT2D eigenvalue weighted by Gasteiger charge is -2.40. The predicted molar refractivity (Wildman–Crippen MR) is 147 cm³/mol. The summed E-state index contributed by atoms with van der Waals surface area (Å²) >= 11 is 0. The van der Waals surface area contributed by atoms with Crippen LogP contribution in [0.25, 0.3) is 0 Å². The molecule has 1 N–H and O–H groups in total. The van der Waals surface area contributed by atoms with Gasteiger partial charge in [0.2, 0.25) is 11.8 Å². The van der Waals surface area contributed by atoms with Crippen molar-refractivity contribution in [1.82, 2.24) is 9.80 Å². The molecule has 8 nitrogen and oxygen atoms in total. The molecule has 3 aliphatic heterocycles. The average Bonchev–Trinajstić information content (AvgIpc) is 3.42. The van der Waals surface area contributed by atoms with Crippen LogP contribution in [0.5, 0.6) is 0 Å². The number of carbonyl (C=O) groups is 3. The highest BCUT2D eigenvalue weighted by Gasteiger charge is 2.80. The number of ether oxygens (including phenoxy) is 2. The second-order valence-corrected chi connectivity index (χ2v) is 11.6. The highest BCUT2D eigenvalue weighted by molar-refractivity contribution is 5.99. The first-order valence-electron chi connectivity index (χ1n) is 13.9. The number of hydrogen-bond donors (Lipinski definition) is 1. The van der Waals surface area contributed by atoms with Gasteiger partial charge in [0.15, 0.2) is 0 Å². The zero-order valence-corrected chi connectivity index (χ0v) is 23.5. The van der Waals surface area contributed by atoms with Crippen LogP contribution in [-0.4, -0.2) is 81.8 Å². The number of aliphatic hydroxyl groups is 1. The third-order valence-electron chi connectivity index (χ3n) is 8.96. The van der Waals surface area contributed by atoms with Crippen LogP contribution in [0.1, 0.15) is 46.1 Å². The van der Waals surface area contributed by atoms with E-state index in [-0.39, 0.29) is 37.0 Å². The van der Waals surface area contributed by atoms with Gasteiger partial charge in [-0.1, -0.05) is 49.4 Å². The Morgan fingerprint density at radius 3 is 2.54 bits per heavy atom. The first-order chi connectivity index (χ1) is 18.6. The van der Waals surface area contributed by atoms with Crippen LogP contribution < -0.4 is 0 Å². The van der Waals surface area contributed by atoms with Crippen LogP contribution in [0.15, 0.2) is 55.6 Å². The number of esters is 1. The fraction of sp³-hybridized carbons (Fsp3) is 0.581. The summed E-state index contributed by atoms with van der Waals surface area (Å²) in [5, 5.41) is 10.6. The molecule has 1 spiro atoms. The van der Waals surface area contributed by atoms with Gasteiger partial charge in [0, 0.05) is 12.6 Å². The van der Waals surface area contributed by atoms with E-state index in [1.54, 1.807) is 17.1 Å². The van der Waals surface area contributed by atoms with Gasteiger partial charge < -0.3 is 24.4 Å². The number of fused-ring (bicyclic) bond motifs is 1. The maximum atomic E-state index is 14.4. The van der Waals surface area contributed by atoms with E-state index in [0.29, 0.717) is 25.8 Å². The van der Waals surface area contributed by atoms with Crippen molar-refractivity contribution in [2.45, 2.75) is 76.3 Å². The summed E-state index contributed by atoms with van der Waals surface area (Å²) in [5.41, 5.74) is -1.23. The second-order valence-electron chi connectivity index (χ2n) is 11.6. The van der Waals surface area contributed by atoms with E-state index in [4.69, 9.17) is 9.47 Å². The van der Waals surface area contributed by atoms with Crippen molar-refractivity contribution >= 4 is 17.8 Å². The van der Waals surface area contributed by atoms with E-state index in [9.17, 15) is 19.5 Å². The van der Waals surface area contributed by atoms with Crippen LogP contribution in [0, 0.1) is 17.8 Å². The Hall–Kier alpha value is -2.97. The smallest absolute Gasteiger partial charge is 0.312 e. The first-order valence-corrected chi connectivity index (χ1v) is 13.9. The van der Waals surface area contributed by atoms with E-state index in [1.165, 1.54) is 4.90 Å². The summed E-state index contributed by atoms with van der Waals surface area (Å²) in [6, 6.07) is 7.75. The lowest BCUT2D eigenvalue weighted by Crippen LogP contribution is -2.60. The van der Waals surface area contributed by atoms with Crippen molar-refractivity contribution in [1.29, 1.82) is 0 Å². The molecule has 2 bridgehead atoms. The molecule has 4 rings (SSSR count). The number of nitrogens with zero attached hydrogens (tertiary/aromatic N) is 2. The Balaban J connectivity index is 1.82. The van der Waals surface area contributed by atoms with Gasteiger partial charge in [0.1, 0.15) is 17.6 Å². The molecular formula is C31H42N2O6. The zero-order valence-electron chi connectivity index (χ0n) is 23.5. The molecule has 3 aliphatic rings. The fourth-order valence-electron chi connectivity index (χ4n) is 7.03. The number of carbonyl (C=O) groups excluding carboxylic acids is 3. The van der Waals surface area contributed by atoms with E-state index >= 15 is 0 Å². The number of hydrogen-bond acceptors (Lipinski definition) is 6. The molecule has 3 fully saturated rings. The molecule has 0 saturated carbocycles. The maximum absolute atomic E-state index is 14.4. The van der Waals surface area contributed by atoms with Gasteiger partial charge in [-0.25, -0.2) is 0 Å². The fourth-order valence-corrected chi connectivity index (χ4v) is 7.03. The van der Waals surface area contributed by atoms with Crippen molar-refractivity contribution in [3.63, 3.8) is 0 Å². The standard InChI is InChI=1S/C31H42N2O6/c1-7-9-16-38-29(37)25-24-27(35)33(23(19-34)17-22-13-11-10-12-14-22)26(28(36)32(15-8-2)20(3)4)31(24)18-21(5)30(25,6)39-31/h7-8,10-14,20-21,23-26,34H,1-2,9,15-19H2,3-6H3/t21?,23-,24+,25-,26?,30+,31?/m1/s1. The Kier molecular flexibility index (Phi) is 8.38. The number of rotatable bonds is 12. The molecule has 0 aliphatic carbocycles. The highest BCUT2D eigenvalue weighted by Crippen LogP contribution is 2.65. The molecule has 1 aromatic rings. The van der Waals surface area contributed by atoms with Crippen molar-refractivity contribution < 1.29 is 29.0 Å². The van der Waals surface area contributed by atoms with Crippen LogP contribution in [0.4, 0.5) is 0 Å². The number of aliphatic hydroxyl groups excluding tert-OH is 1. The van der Waals surface area contributed by atoms with E-state index in [1.807, 2.05) is 58.0 Å². The van der Waals surface area contributed by atoms with E-state index in [0.717, 1.165) is 5.56 Å². The minimum Gasteiger partial charge on any atom is -0.465 e. The Bertz CT molecular complexity index is 1110. The van der Waals surface area contributed by atoms with Crippen molar-refractivity contribution in [2.24, 2.45) is 17.8 Å². The lowest BCUT2D eigenvalue weighted by atomic mass is 9.62. The Morgan fingerprint density at radius 1 is 1.26 bits per heavy atom. The summed E-state index contributed by atoms with van der Waals surface area (Å²) in [5.74, 6) is -2.93. The Labute approximate surface area is 231 Å². The van der Waals surface area contributed by atoms with E-state index < -0.39 is 41.1 Å². The van der Waals surface area contributed by atoms with Crippen molar-refractivity contribution in [2.75, 3.05) is 19.8 Å². The molecule has 0 aromatic heterocycles. The minimum atomic E-state index is -1.21. The van der Waals surface area contributed by atoms with Crippen LogP contribution in [0.2, 0.25) is 0 Å². The molecule has 39 heavy (non-hydrogen) atoms. The van der Waals surface area contributed by atoms with Gasteiger partial charge in [-0.05, 0) is 51.5 Å². The van der Waals surface area contributed by atoms with Gasteiger partial charge in [0.25, 0.3) is 0 Å². The summed E-state index contributed by atoms with van der Waals surface area (Å²) in [6.07, 6.45) is 4.64. The summed E-state index contributed by atoms with van der Waals surface area (Å²) in [4.78, 5) is 45.6. The molecule has 3 unspecified atom stereocenters. The summed E-state index contributed by atoms with van der Waals surface area (Å²) < 4.78 is 12.4. The first kappa shape index (κ1) is 29.0. The lowest BCUT2D eigenvalue weighted by molar-refractivity contribution is -0.164. The topological polar surface area (TPSA) is 96.4 Å². The molecule has 0 radical (unpaired) electrons. The molecule has 8 heteroatoms. The van der Waals surface area contributed by atoms with Crippen molar-refractivity contribution in [3.05, 3.63) is 61.2 Å². The SMILES string of the molecule is C=CCCOC(=O)[C@H]1[C@H]2C(=O)N([C@@H](CO)Cc3ccccc3)C(C(=O)N(CC=C)C(C)C)C23CC(C)[C@]1(C)O3. The quantitative estimate of drug-likeness (QED) is 0.250. The molecule has 3 saturated heterocycles. The molecule has 212 valence electrons. The third-order valence-corrected chi connectivity index (χ3v) is 8.96. The second kappa shape index (κ2) is 11.3. The average molecular weight is 539 g/mol. The van der Waals surface area contributed by atoms with Crippen LogP contribution >= 0.6 is 0 Å². The molecule has 3 heterocycles. The van der Waals surface area contributed by atoms with Gasteiger partial charge >= 0.3 is 5.97 Å². The third kappa shape index (κ3) is 4.72. The number of benzene rings is 1. The van der Waals surface area contributed by atoms with Crippen LogP contribution in [0.3, 0.4) is 0 Å². The molecule has 1 aromatic carbocycles. The maximum Gasteiger partial charge on any atom is 0.312 e. The van der Waals surface area contributed by atoms with Crippen LogP contribution in [-0.2, 0) is 30.3 Å². The Morgan fingerprint density at radius 2 is 1.95 bits per heavy atom. The number of likely N-dealkylation sites (tertiary alicyclic amines) is 1. The van der Waals surface area contributed by atoms with Gasteiger partial charge in [-0.3, -0.25) is 14.4 Å². The normalized spacial score (nSPS) is 31.7. The predicted octanol–water partition coefficient (Wildman–Crippen LogP) is 3.14. The minimum absolute atomic E-state index is 0.0950. The van der Waals surface area contributed by atoms with Gasteiger partial charge in [-0.15, -0.1) is 13.2 Å². The monoisotopic (exact) mass is 538 g/mol. The van der Waals surface area contributed by atoms with Gasteiger partial charge in [0.05, 0.1) is 30.8 Å². The largest absolute Gasteiger partial charge is 0.465 e. The molecular weight excluding hydrogens is 496 g/mol.